The molecule has 0 heterocycles. The molecule has 0 spiro atoms. The fourth-order valence-electron chi connectivity index (χ4n) is 2.32. The van der Waals surface area contributed by atoms with Crippen LogP contribution in [0.4, 0.5) is 5.69 Å². The summed E-state index contributed by atoms with van der Waals surface area (Å²) in [6.45, 7) is 5.74. The van der Waals surface area contributed by atoms with Crippen LogP contribution in [0.1, 0.15) is 42.6 Å². The summed E-state index contributed by atoms with van der Waals surface area (Å²) >= 11 is 5.89. The van der Waals surface area contributed by atoms with Gasteiger partial charge in [0.05, 0.1) is 17.2 Å². The number of esters is 1. The lowest BCUT2D eigenvalue weighted by molar-refractivity contribution is -0.119. The lowest BCUT2D eigenvalue weighted by Crippen LogP contribution is -2.21. The van der Waals surface area contributed by atoms with Gasteiger partial charge in [0.25, 0.3) is 5.91 Å². The molecule has 7 heteroatoms. The number of carbonyl (C=O) groups excluding carboxylic acids is 2. The van der Waals surface area contributed by atoms with Gasteiger partial charge in [-0.25, -0.2) is 4.79 Å². The van der Waals surface area contributed by atoms with E-state index in [1.54, 1.807) is 19.1 Å². The van der Waals surface area contributed by atoms with E-state index in [1.807, 2.05) is 12.1 Å². The molecule has 0 saturated carbocycles. The molecule has 2 aromatic carbocycles. The first-order valence-corrected chi connectivity index (χ1v) is 8.91. The first kappa shape index (κ1) is 20.6. The zero-order valence-electron chi connectivity index (χ0n) is 15.4. The van der Waals surface area contributed by atoms with Crippen molar-refractivity contribution >= 4 is 29.2 Å². The van der Waals surface area contributed by atoms with Crippen molar-refractivity contribution in [1.29, 1.82) is 0 Å². The summed E-state index contributed by atoms with van der Waals surface area (Å²) < 4.78 is 10.2. The molecule has 0 aromatic heterocycles. The van der Waals surface area contributed by atoms with Gasteiger partial charge in [0.15, 0.2) is 18.1 Å². The molecule has 0 unspecified atom stereocenters. The molecule has 0 atom stereocenters. The number of hydrogen-bond donors (Lipinski definition) is 2. The van der Waals surface area contributed by atoms with Crippen LogP contribution in [0.3, 0.4) is 0 Å². The summed E-state index contributed by atoms with van der Waals surface area (Å²) in [6, 6.07) is 10.0. The Kier molecular flexibility index (Phi) is 7.07. The van der Waals surface area contributed by atoms with E-state index in [9.17, 15) is 14.7 Å². The van der Waals surface area contributed by atoms with Crippen LogP contribution in [-0.2, 0) is 9.53 Å². The highest BCUT2D eigenvalue weighted by atomic mass is 35.5. The highest BCUT2D eigenvalue weighted by Crippen LogP contribution is 2.35. The molecule has 0 aliphatic carbocycles. The fraction of sp³-hybridized carbons (Fsp3) is 0.300. The van der Waals surface area contributed by atoms with Gasteiger partial charge in [-0.2, -0.15) is 0 Å². The van der Waals surface area contributed by atoms with Crippen LogP contribution in [-0.4, -0.2) is 30.2 Å². The van der Waals surface area contributed by atoms with Gasteiger partial charge in [0, 0.05) is 5.69 Å². The predicted molar refractivity (Wildman–Crippen MR) is 104 cm³/mol. The number of phenolic OH excluding ortho intramolecular Hbond substituents is 1. The van der Waals surface area contributed by atoms with Gasteiger partial charge in [0.2, 0.25) is 0 Å². The Bertz CT molecular complexity index is 818. The molecule has 2 N–H and O–H groups in total. The Labute approximate surface area is 163 Å². The molecule has 1 amide bonds. The minimum atomic E-state index is -0.747. The maximum Gasteiger partial charge on any atom is 0.338 e. The molecule has 0 fully saturated rings. The van der Waals surface area contributed by atoms with Crippen molar-refractivity contribution in [3.63, 3.8) is 0 Å². The standard InChI is InChI=1S/C20H22ClNO5/c1-4-26-17-10-14(9-16(21)19(17)24)20(25)27-11-18(23)22-15-7-5-13(6-8-15)12(2)3/h5-10,12,24H,4,11H2,1-3H3,(H,22,23). The number of carbonyl (C=O) groups is 2. The predicted octanol–water partition coefficient (Wildman–Crippen LogP) is 4.36. The zero-order valence-corrected chi connectivity index (χ0v) is 16.2. The maximum absolute atomic E-state index is 12.1. The van der Waals surface area contributed by atoms with E-state index >= 15 is 0 Å². The second-order valence-electron chi connectivity index (χ2n) is 6.14. The van der Waals surface area contributed by atoms with E-state index in [0.717, 1.165) is 5.56 Å². The summed E-state index contributed by atoms with van der Waals surface area (Å²) in [5.41, 5.74) is 1.86. The zero-order chi connectivity index (χ0) is 20.0. The molecule has 0 aliphatic heterocycles. The number of halogens is 1. The molecule has 0 radical (unpaired) electrons. The highest BCUT2D eigenvalue weighted by Gasteiger charge is 2.16. The number of nitrogens with one attached hydrogen (secondary N) is 1. The lowest BCUT2D eigenvalue weighted by Gasteiger charge is -2.11. The van der Waals surface area contributed by atoms with Crippen molar-refractivity contribution in [3.8, 4) is 11.5 Å². The van der Waals surface area contributed by atoms with Gasteiger partial charge >= 0.3 is 5.97 Å². The first-order chi connectivity index (χ1) is 12.8. The third-order valence-electron chi connectivity index (χ3n) is 3.76. The van der Waals surface area contributed by atoms with Crippen molar-refractivity contribution in [2.75, 3.05) is 18.5 Å². The number of anilines is 1. The van der Waals surface area contributed by atoms with Gasteiger partial charge in [-0.1, -0.05) is 37.6 Å². The fourth-order valence-corrected chi connectivity index (χ4v) is 2.53. The summed E-state index contributed by atoms with van der Waals surface area (Å²) in [7, 11) is 0. The molecular formula is C20H22ClNO5. The van der Waals surface area contributed by atoms with Crippen molar-refractivity contribution in [2.45, 2.75) is 26.7 Å². The minimum absolute atomic E-state index is 0.0393. The number of benzene rings is 2. The van der Waals surface area contributed by atoms with E-state index in [-0.39, 0.29) is 22.1 Å². The van der Waals surface area contributed by atoms with Gasteiger partial charge in [-0.3, -0.25) is 4.79 Å². The van der Waals surface area contributed by atoms with E-state index in [2.05, 4.69) is 19.2 Å². The lowest BCUT2D eigenvalue weighted by atomic mass is 10.0. The molecule has 6 nitrogen and oxygen atoms in total. The average Bonchev–Trinajstić information content (AvgIpc) is 2.64. The first-order valence-electron chi connectivity index (χ1n) is 8.54. The Hall–Kier alpha value is -2.73. The number of ether oxygens (including phenoxy) is 2. The van der Waals surface area contributed by atoms with Gasteiger partial charge in [-0.05, 0) is 42.7 Å². The third kappa shape index (κ3) is 5.62. The second kappa shape index (κ2) is 9.28. The topological polar surface area (TPSA) is 84.9 Å². The van der Waals surface area contributed by atoms with E-state index in [1.165, 1.54) is 12.1 Å². The summed E-state index contributed by atoms with van der Waals surface area (Å²) in [4.78, 5) is 24.1. The maximum atomic E-state index is 12.1. The van der Waals surface area contributed by atoms with Crippen molar-refractivity contribution in [2.24, 2.45) is 0 Å². The Morgan fingerprint density at radius 1 is 1.19 bits per heavy atom. The number of aromatic hydroxyl groups is 1. The number of hydrogen-bond acceptors (Lipinski definition) is 5. The second-order valence-corrected chi connectivity index (χ2v) is 6.55. The smallest absolute Gasteiger partial charge is 0.338 e. The van der Waals surface area contributed by atoms with Crippen molar-refractivity contribution in [3.05, 3.63) is 52.5 Å². The van der Waals surface area contributed by atoms with Crippen molar-refractivity contribution in [1.82, 2.24) is 0 Å². The summed E-state index contributed by atoms with van der Waals surface area (Å²) in [5, 5.41) is 12.4. The van der Waals surface area contributed by atoms with Crippen LogP contribution >= 0.6 is 11.6 Å². The Morgan fingerprint density at radius 2 is 1.85 bits per heavy atom. The van der Waals surface area contributed by atoms with Crippen LogP contribution in [0.5, 0.6) is 11.5 Å². The highest BCUT2D eigenvalue weighted by molar-refractivity contribution is 6.32. The normalized spacial score (nSPS) is 10.6. The van der Waals surface area contributed by atoms with E-state index in [0.29, 0.717) is 18.2 Å². The summed E-state index contributed by atoms with van der Waals surface area (Å²) in [5.74, 6) is -0.988. The van der Waals surface area contributed by atoms with Crippen LogP contribution in [0.25, 0.3) is 0 Å². The van der Waals surface area contributed by atoms with Crippen LogP contribution < -0.4 is 10.1 Å². The number of rotatable bonds is 7. The van der Waals surface area contributed by atoms with Gasteiger partial charge in [-0.15, -0.1) is 0 Å². The third-order valence-corrected chi connectivity index (χ3v) is 4.05. The van der Waals surface area contributed by atoms with Crippen LogP contribution in [0.15, 0.2) is 36.4 Å². The average molecular weight is 392 g/mol. The number of phenols is 1. The van der Waals surface area contributed by atoms with Gasteiger partial charge in [0.1, 0.15) is 0 Å². The minimum Gasteiger partial charge on any atom is -0.503 e. The largest absolute Gasteiger partial charge is 0.503 e. The monoisotopic (exact) mass is 391 g/mol. The molecule has 0 bridgehead atoms. The molecule has 27 heavy (non-hydrogen) atoms. The molecule has 2 rings (SSSR count). The molecular weight excluding hydrogens is 370 g/mol. The van der Waals surface area contributed by atoms with E-state index in [4.69, 9.17) is 21.1 Å². The Morgan fingerprint density at radius 3 is 2.44 bits per heavy atom. The SMILES string of the molecule is CCOc1cc(C(=O)OCC(=O)Nc2ccc(C(C)C)cc2)cc(Cl)c1O. The van der Waals surface area contributed by atoms with Crippen LogP contribution in [0, 0.1) is 0 Å². The quantitative estimate of drug-likeness (QED) is 0.685. The molecule has 0 aliphatic rings. The molecule has 144 valence electrons. The number of amides is 1. The van der Waals surface area contributed by atoms with Crippen LogP contribution in [0.2, 0.25) is 5.02 Å². The molecule has 2 aromatic rings. The van der Waals surface area contributed by atoms with Crippen molar-refractivity contribution < 1.29 is 24.2 Å². The van der Waals surface area contributed by atoms with Gasteiger partial charge < -0.3 is 19.9 Å². The summed E-state index contributed by atoms with van der Waals surface area (Å²) in [6.07, 6.45) is 0. The molecule has 0 saturated heterocycles. The van der Waals surface area contributed by atoms with E-state index < -0.39 is 18.5 Å². The Balaban J connectivity index is 1.95.